The molecule has 5 heteroatoms. The Kier molecular flexibility index (Phi) is 4.29. The van der Waals surface area contributed by atoms with Gasteiger partial charge in [-0.05, 0) is 52.5 Å². The minimum atomic E-state index is 0.635. The van der Waals surface area contributed by atoms with Crippen LogP contribution in [0.4, 0.5) is 5.82 Å². The lowest BCUT2D eigenvalue weighted by Gasteiger charge is -2.36. The van der Waals surface area contributed by atoms with E-state index in [2.05, 4.69) is 27.2 Å². The molecule has 0 spiro atoms. The smallest absolute Gasteiger partial charge is 0.221 e. The second-order valence-electron chi connectivity index (χ2n) is 6.35. The number of hydrogen-bond donors (Lipinski definition) is 1. The van der Waals surface area contributed by atoms with E-state index in [9.17, 15) is 0 Å². The highest BCUT2D eigenvalue weighted by Gasteiger charge is 2.38. The summed E-state index contributed by atoms with van der Waals surface area (Å²) in [5.74, 6) is 2.36. The Labute approximate surface area is 127 Å². The zero-order valence-electron chi connectivity index (χ0n) is 13.3. The van der Waals surface area contributed by atoms with E-state index in [-0.39, 0.29) is 0 Å². The number of aromatic nitrogens is 2. The molecule has 1 aromatic heterocycles. The molecule has 2 atom stereocenters. The van der Waals surface area contributed by atoms with Crippen molar-refractivity contribution in [3.05, 3.63) is 11.9 Å². The minimum Gasteiger partial charge on any atom is -0.478 e. The monoisotopic (exact) mass is 290 g/mol. The third-order valence-corrected chi connectivity index (χ3v) is 5.07. The highest BCUT2D eigenvalue weighted by molar-refractivity contribution is 5.47. The van der Waals surface area contributed by atoms with Crippen LogP contribution in [0.1, 0.15) is 38.2 Å². The molecule has 5 nitrogen and oxygen atoms in total. The molecule has 0 amide bonds. The number of hydrogen-bond acceptors (Lipinski definition) is 5. The molecule has 2 saturated heterocycles. The first kappa shape index (κ1) is 14.6. The normalized spacial score (nSPS) is 28.6. The van der Waals surface area contributed by atoms with Gasteiger partial charge in [-0.2, -0.15) is 0 Å². The molecular weight excluding hydrogens is 264 g/mol. The number of nitrogens with one attached hydrogen (secondary N) is 1. The first-order chi connectivity index (χ1) is 10.2. The van der Waals surface area contributed by atoms with Gasteiger partial charge >= 0.3 is 0 Å². The van der Waals surface area contributed by atoms with Gasteiger partial charge in [0, 0.05) is 18.6 Å². The van der Waals surface area contributed by atoms with Crippen LogP contribution in [-0.2, 0) is 0 Å². The quantitative estimate of drug-likeness (QED) is 0.903. The predicted molar refractivity (Wildman–Crippen MR) is 83.7 cm³/mol. The summed E-state index contributed by atoms with van der Waals surface area (Å²) in [6.45, 7) is 5.63. The lowest BCUT2D eigenvalue weighted by atomic mass is 9.91. The van der Waals surface area contributed by atoms with Gasteiger partial charge in [0.1, 0.15) is 12.1 Å². The second kappa shape index (κ2) is 6.18. The van der Waals surface area contributed by atoms with Gasteiger partial charge < -0.3 is 15.0 Å². The molecule has 1 aromatic rings. The fourth-order valence-corrected chi connectivity index (χ4v) is 3.83. The van der Waals surface area contributed by atoms with Crippen LogP contribution in [0.3, 0.4) is 0 Å². The fourth-order valence-electron chi connectivity index (χ4n) is 3.83. The molecular formula is C16H26N4O. The van der Waals surface area contributed by atoms with Crippen molar-refractivity contribution in [1.29, 1.82) is 0 Å². The van der Waals surface area contributed by atoms with Crippen LogP contribution in [0, 0.1) is 12.8 Å². The summed E-state index contributed by atoms with van der Waals surface area (Å²) in [6, 6.07) is 1.59. The molecule has 0 saturated carbocycles. The van der Waals surface area contributed by atoms with Crippen molar-refractivity contribution in [2.24, 2.45) is 5.92 Å². The van der Waals surface area contributed by atoms with Crippen LogP contribution in [-0.4, -0.2) is 47.2 Å². The van der Waals surface area contributed by atoms with Crippen molar-refractivity contribution in [1.82, 2.24) is 14.9 Å². The van der Waals surface area contributed by atoms with Gasteiger partial charge in [0.05, 0.1) is 12.2 Å². The molecule has 2 fully saturated rings. The van der Waals surface area contributed by atoms with Crippen LogP contribution < -0.4 is 10.1 Å². The SMILES string of the molecule is CCOc1ncnc(NCC2CC3CCC(C2)N3C)c1C. The fraction of sp³-hybridized carbons (Fsp3) is 0.750. The molecule has 2 bridgehead atoms. The van der Waals surface area contributed by atoms with Crippen LogP contribution in [0.15, 0.2) is 6.33 Å². The molecule has 116 valence electrons. The second-order valence-corrected chi connectivity index (χ2v) is 6.35. The molecule has 2 unspecified atom stereocenters. The Morgan fingerprint density at radius 3 is 2.67 bits per heavy atom. The molecule has 0 aromatic carbocycles. The Morgan fingerprint density at radius 1 is 1.29 bits per heavy atom. The number of fused-ring (bicyclic) bond motifs is 2. The van der Waals surface area contributed by atoms with Crippen molar-refractivity contribution < 1.29 is 4.74 Å². The molecule has 3 rings (SSSR count). The van der Waals surface area contributed by atoms with E-state index in [1.807, 2.05) is 13.8 Å². The van der Waals surface area contributed by atoms with E-state index in [4.69, 9.17) is 4.74 Å². The highest BCUT2D eigenvalue weighted by Crippen LogP contribution is 2.37. The van der Waals surface area contributed by atoms with E-state index in [0.29, 0.717) is 12.5 Å². The molecule has 0 radical (unpaired) electrons. The maximum atomic E-state index is 5.53. The van der Waals surface area contributed by atoms with Crippen LogP contribution in [0.25, 0.3) is 0 Å². The molecule has 2 aliphatic rings. The maximum absolute atomic E-state index is 5.53. The molecule has 21 heavy (non-hydrogen) atoms. The Bertz CT molecular complexity index is 479. The average molecular weight is 290 g/mol. The first-order valence-electron chi connectivity index (χ1n) is 8.09. The van der Waals surface area contributed by atoms with Crippen molar-refractivity contribution >= 4 is 5.82 Å². The number of rotatable bonds is 5. The van der Waals surface area contributed by atoms with Gasteiger partial charge in [-0.15, -0.1) is 0 Å². The van der Waals surface area contributed by atoms with E-state index in [1.165, 1.54) is 25.7 Å². The zero-order valence-corrected chi connectivity index (χ0v) is 13.3. The first-order valence-corrected chi connectivity index (χ1v) is 8.09. The molecule has 2 aliphatic heterocycles. The summed E-state index contributed by atoms with van der Waals surface area (Å²) >= 11 is 0. The summed E-state index contributed by atoms with van der Waals surface area (Å²) in [7, 11) is 2.29. The Balaban J connectivity index is 1.60. The van der Waals surface area contributed by atoms with Gasteiger partial charge in [0.25, 0.3) is 0 Å². The standard InChI is InChI=1S/C16H26N4O/c1-4-21-16-11(2)15(18-10-19-16)17-9-12-7-13-5-6-14(8-12)20(13)3/h10,12-14H,4-9H2,1-3H3,(H,17,18,19). The third-order valence-electron chi connectivity index (χ3n) is 5.07. The Hall–Kier alpha value is -1.36. The topological polar surface area (TPSA) is 50.3 Å². The summed E-state index contributed by atoms with van der Waals surface area (Å²) in [6.07, 6.45) is 6.95. The van der Waals surface area contributed by atoms with Crippen molar-refractivity contribution in [3.63, 3.8) is 0 Å². The lowest BCUT2D eigenvalue weighted by Crippen LogP contribution is -2.41. The van der Waals surface area contributed by atoms with E-state index >= 15 is 0 Å². The number of piperidine rings is 1. The van der Waals surface area contributed by atoms with Gasteiger partial charge in [0.2, 0.25) is 5.88 Å². The minimum absolute atomic E-state index is 0.635. The molecule has 0 aliphatic carbocycles. The summed E-state index contributed by atoms with van der Waals surface area (Å²) in [5, 5.41) is 3.52. The number of ether oxygens (including phenoxy) is 1. The maximum Gasteiger partial charge on any atom is 0.221 e. The van der Waals surface area contributed by atoms with Crippen LogP contribution in [0.5, 0.6) is 5.88 Å². The summed E-state index contributed by atoms with van der Waals surface area (Å²) < 4.78 is 5.53. The van der Waals surface area contributed by atoms with Crippen molar-refractivity contribution in [3.8, 4) is 5.88 Å². The third kappa shape index (κ3) is 2.98. The van der Waals surface area contributed by atoms with Gasteiger partial charge in [-0.3, -0.25) is 0 Å². The summed E-state index contributed by atoms with van der Waals surface area (Å²) in [4.78, 5) is 11.1. The number of anilines is 1. The van der Waals surface area contributed by atoms with Gasteiger partial charge in [-0.1, -0.05) is 0 Å². The van der Waals surface area contributed by atoms with E-state index in [1.54, 1.807) is 6.33 Å². The predicted octanol–water partition coefficient (Wildman–Crippen LogP) is 2.47. The lowest BCUT2D eigenvalue weighted by molar-refractivity contribution is 0.139. The van der Waals surface area contributed by atoms with Gasteiger partial charge in [0.15, 0.2) is 0 Å². The largest absolute Gasteiger partial charge is 0.478 e. The van der Waals surface area contributed by atoms with Crippen molar-refractivity contribution in [2.45, 2.75) is 51.6 Å². The van der Waals surface area contributed by atoms with Gasteiger partial charge in [-0.25, -0.2) is 9.97 Å². The van der Waals surface area contributed by atoms with E-state index in [0.717, 1.165) is 35.9 Å². The number of nitrogens with zero attached hydrogens (tertiary/aromatic N) is 3. The highest BCUT2D eigenvalue weighted by atomic mass is 16.5. The molecule has 3 heterocycles. The van der Waals surface area contributed by atoms with Crippen LogP contribution in [0.2, 0.25) is 0 Å². The molecule has 1 N–H and O–H groups in total. The van der Waals surface area contributed by atoms with Crippen molar-refractivity contribution in [2.75, 3.05) is 25.5 Å². The Morgan fingerprint density at radius 2 is 2.00 bits per heavy atom. The van der Waals surface area contributed by atoms with Crippen LogP contribution >= 0.6 is 0 Å². The average Bonchev–Trinajstić information content (AvgIpc) is 2.71. The van der Waals surface area contributed by atoms with E-state index < -0.39 is 0 Å². The summed E-state index contributed by atoms with van der Waals surface area (Å²) in [5.41, 5.74) is 1.01. The zero-order chi connectivity index (χ0) is 14.8.